The van der Waals surface area contributed by atoms with Crippen molar-refractivity contribution in [1.82, 2.24) is 4.90 Å². The predicted octanol–water partition coefficient (Wildman–Crippen LogP) is 4.01. The van der Waals surface area contributed by atoms with Crippen LogP contribution in [0.2, 0.25) is 10.0 Å². The topological polar surface area (TPSA) is 43.7 Å². The molecule has 5 heteroatoms. The molecule has 1 atom stereocenters. The van der Waals surface area contributed by atoms with Gasteiger partial charge in [0.2, 0.25) is 0 Å². The molecule has 128 valence electrons. The highest BCUT2D eigenvalue weighted by Crippen LogP contribution is 2.34. The third kappa shape index (κ3) is 4.11. The number of benzene rings is 2. The Morgan fingerprint density at radius 1 is 1.00 bits per heavy atom. The fourth-order valence-corrected chi connectivity index (χ4v) is 3.54. The number of rotatable bonds is 4. The van der Waals surface area contributed by atoms with E-state index in [1.165, 1.54) is 0 Å². The van der Waals surface area contributed by atoms with Crippen LogP contribution in [0.15, 0.2) is 48.5 Å². The smallest absolute Gasteiger partial charge is 0.0920 e. The van der Waals surface area contributed by atoms with E-state index in [-0.39, 0.29) is 0 Å². The Labute approximate surface area is 152 Å². The molecule has 1 aliphatic heterocycles. The minimum absolute atomic E-state index is 0.539. The van der Waals surface area contributed by atoms with E-state index in [0.29, 0.717) is 29.4 Å². The summed E-state index contributed by atoms with van der Waals surface area (Å²) >= 11 is 11.9. The second kappa shape index (κ2) is 7.42. The third-order valence-electron chi connectivity index (χ3n) is 4.73. The van der Waals surface area contributed by atoms with Gasteiger partial charge in [0, 0.05) is 29.7 Å². The van der Waals surface area contributed by atoms with Crippen molar-refractivity contribution in [3.05, 3.63) is 69.7 Å². The standard InChI is InChI=1S/C19H21Cl2NO2/c20-16-6-4-15(5-7-16)19(24)8-10-22(11-9-19)13-18(23)14-2-1-3-17(21)12-14/h1-7,12,18,23-24H,8-11,13H2. The minimum Gasteiger partial charge on any atom is -0.387 e. The second-order valence-corrected chi connectivity index (χ2v) is 7.28. The Kier molecular flexibility index (Phi) is 5.48. The Bertz CT molecular complexity index is 682. The quantitative estimate of drug-likeness (QED) is 0.859. The van der Waals surface area contributed by atoms with E-state index in [4.69, 9.17) is 23.2 Å². The van der Waals surface area contributed by atoms with Gasteiger partial charge in [0.05, 0.1) is 11.7 Å². The Hall–Kier alpha value is -1.10. The summed E-state index contributed by atoms with van der Waals surface area (Å²) in [7, 11) is 0. The van der Waals surface area contributed by atoms with Crippen molar-refractivity contribution in [2.24, 2.45) is 0 Å². The maximum absolute atomic E-state index is 10.9. The lowest BCUT2D eigenvalue weighted by Crippen LogP contribution is -2.43. The first kappa shape index (κ1) is 17.7. The van der Waals surface area contributed by atoms with E-state index in [1.54, 1.807) is 12.1 Å². The molecule has 0 spiro atoms. The monoisotopic (exact) mass is 365 g/mol. The van der Waals surface area contributed by atoms with Crippen LogP contribution in [-0.4, -0.2) is 34.7 Å². The van der Waals surface area contributed by atoms with E-state index >= 15 is 0 Å². The number of nitrogens with zero attached hydrogens (tertiary/aromatic N) is 1. The van der Waals surface area contributed by atoms with E-state index < -0.39 is 11.7 Å². The van der Waals surface area contributed by atoms with Gasteiger partial charge in [0.15, 0.2) is 0 Å². The van der Waals surface area contributed by atoms with Gasteiger partial charge in [-0.1, -0.05) is 47.5 Å². The van der Waals surface area contributed by atoms with E-state index in [2.05, 4.69) is 4.90 Å². The van der Waals surface area contributed by atoms with E-state index in [1.807, 2.05) is 36.4 Å². The van der Waals surface area contributed by atoms with Gasteiger partial charge in [-0.15, -0.1) is 0 Å². The van der Waals surface area contributed by atoms with Crippen molar-refractivity contribution in [2.45, 2.75) is 24.5 Å². The fraction of sp³-hybridized carbons (Fsp3) is 0.368. The first-order valence-corrected chi connectivity index (χ1v) is 8.86. The number of β-amino-alcohol motifs (C(OH)–C–C–N with tert-alkyl or cyclic N) is 1. The maximum atomic E-state index is 10.9. The number of aliphatic hydroxyl groups is 2. The van der Waals surface area contributed by atoms with E-state index in [0.717, 1.165) is 24.2 Å². The third-order valence-corrected chi connectivity index (χ3v) is 5.22. The van der Waals surface area contributed by atoms with Gasteiger partial charge >= 0.3 is 0 Å². The first-order valence-electron chi connectivity index (χ1n) is 8.11. The molecule has 0 radical (unpaired) electrons. The summed E-state index contributed by atoms with van der Waals surface area (Å²) in [5, 5.41) is 22.6. The zero-order valence-electron chi connectivity index (χ0n) is 13.3. The van der Waals surface area contributed by atoms with Gasteiger partial charge < -0.3 is 15.1 Å². The lowest BCUT2D eigenvalue weighted by molar-refractivity contribution is -0.0344. The van der Waals surface area contributed by atoms with E-state index in [9.17, 15) is 10.2 Å². The van der Waals surface area contributed by atoms with Gasteiger partial charge in [-0.25, -0.2) is 0 Å². The Morgan fingerprint density at radius 2 is 1.67 bits per heavy atom. The molecule has 3 nitrogen and oxygen atoms in total. The molecule has 1 heterocycles. The van der Waals surface area contributed by atoms with Crippen molar-refractivity contribution < 1.29 is 10.2 Å². The number of aliphatic hydroxyl groups excluding tert-OH is 1. The summed E-state index contributed by atoms with van der Waals surface area (Å²) in [6, 6.07) is 14.7. The van der Waals surface area contributed by atoms with Gasteiger partial charge in [-0.3, -0.25) is 0 Å². The Morgan fingerprint density at radius 3 is 2.29 bits per heavy atom. The summed E-state index contributed by atoms with van der Waals surface area (Å²) in [5.41, 5.74) is 0.908. The molecule has 0 saturated carbocycles. The molecule has 1 unspecified atom stereocenters. The SMILES string of the molecule is OC(CN1CCC(O)(c2ccc(Cl)cc2)CC1)c1cccc(Cl)c1. The highest BCUT2D eigenvalue weighted by molar-refractivity contribution is 6.30. The number of likely N-dealkylation sites (tertiary alicyclic amines) is 1. The molecule has 24 heavy (non-hydrogen) atoms. The molecule has 1 saturated heterocycles. The Balaban J connectivity index is 1.59. The molecule has 0 amide bonds. The minimum atomic E-state index is -0.817. The first-order chi connectivity index (χ1) is 11.5. The summed E-state index contributed by atoms with van der Waals surface area (Å²) in [5.74, 6) is 0. The number of halogens is 2. The van der Waals surface area contributed by atoms with Gasteiger partial charge in [-0.2, -0.15) is 0 Å². The van der Waals surface area contributed by atoms with Gasteiger partial charge in [0.25, 0.3) is 0 Å². The lowest BCUT2D eigenvalue weighted by Gasteiger charge is -2.39. The molecular weight excluding hydrogens is 345 g/mol. The number of hydrogen-bond acceptors (Lipinski definition) is 3. The van der Waals surface area contributed by atoms with Crippen molar-refractivity contribution in [3.63, 3.8) is 0 Å². The molecule has 2 N–H and O–H groups in total. The number of hydrogen-bond donors (Lipinski definition) is 2. The average molecular weight is 366 g/mol. The summed E-state index contributed by atoms with van der Waals surface area (Å²) in [6.45, 7) is 2.00. The lowest BCUT2D eigenvalue weighted by atomic mass is 9.84. The summed E-state index contributed by atoms with van der Waals surface area (Å²) < 4.78 is 0. The van der Waals surface area contributed by atoms with Crippen molar-refractivity contribution >= 4 is 23.2 Å². The molecule has 1 aliphatic rings. The maximum Gasteiger partial charge on any atom is 0.0920 e. The molecular formula is C19H21Cl2NO2. The van der Waals surface area contributed by atoms with Crippen LogP contribution in [0.4, 0.5) is 0 Å². The highest BCUT2D eigenvalue weighted by atomic mass is 35.5. The molecule has 2 aromatic rings. The van der Waals surface area contributed by atoms with Gasteiger partial charge in [-0.05, 0) is 48.2 Å². The van der Waals surface area contributed by atoms with Crippen LogP contribution < -0.4 is 0 Å². The zero-order chi connectivity index (χ0) is 17.2. The predicted molar refractivity (Wildman–Crippen MR) is 97.4 cm³/mol. The van der Waals surface area contributed by atoms with Crippen LogP contribution in [0.5, 0.6) is 0 Å². The highest BCUT2D eigenvalue weighted by Gasteiger charge is 2.34. The van der Waals surface area contributed by atoms with Crippen LogP contribution in [0.3, 0.4) is 0 Å². The number of piperidine rings is 1. The molecule has 0 bridgehead atoms. The second-order valence-electron chi connectivity index (χ2n) is 6.41. The van der Waals surface area contributed by atoms with Crippen molar-refractivity contribution in [2.75, 3.05) is 19.6 Å². The van der Waals surface area contributed by atoms with Crippen LogP contribution in [-0.2, 0) is 5.60 Å². The fourth-order valence-electron chi connectivity index (χ4n) is 3.22. The van der Waals surface area contributed by atoms with Crippen LogP contribution in [0.25, 0.3) is 0 Å². The average Bonchev–Trinajstić information content (AvgIpc) is 2.57. The largest absolute Gasteiger partial charge is 0.387 e. The summed E-state index contributed by atoms with van der Waals surface area (Å²) in [6.07, 6.45) is 0.693. The van der Waals surface area contributed by atoms with Crippen molar-refractivity contribution in [1.29, 1.82) is 0 Å². The molecule has 3 rings (SSSR count). The van der Waals surface area contributed by atoms with Crippen LogP contribution in [0, 0.1) is 0 Å². The van der Waals surface area contributed by atoms with Crippen molar-refractivity contribution in [3.8, 4) is 0 Å². The molecule has 2 aromatic carbocycles. The normalized spacial score (nSPS) is 19.2. The molecule has 0 aromatic heterocycles. The van der Waals surface area contributed by atoms with Gasteiger partial charge in [0.1, 0.15) is 0 Å². The van der Waals surface area contributed by atoms with Crippen LogP contribution in [0.1, 0.15) is 30.1 Å². The summed E-state index contributed by atoms with van der Waals surface area (Å²) in [4.78, 5) is 2.18. The zero-order valence-corrected chi connectivity index (χ0v) is 14.8. The van der Waals surface area contributed by atoms with Crippen LogP contribution >= 0.6 is 23.2 Å². The molecule has 0 aliphatic carbocycles. The molecule has 1 fully saturated rings.